The van der Waals surface area contributed by atoms with E-state index in [0.717, 1.165) is 30.7 Å². The Morgan fingerprint density at radius 2 is 1.96 bits per heavy atom. The number of amides is 1. The van der Waals surface area contributed by atoms with Gasteiger partial charge in [-0.1, -0.05) is 35.3 Å². The van der Waals surface area contributed by atoms with Gasteiger partial charge in [-0.2, -0.15) is 0 Å². The molecule has 1 aliphatic heterocycles. The van der Waals surface area contributed by atoms with Crippen LogP contribution in [0.1, 0.15) is 24.4 Å². The quantitative estimate of drug-likeness (QED) is 0.752. The number of halogens is 2. The fourth-order valence-corrected chi connectivity index (χ4v) is 3.38. The molecule has 2 aromatic rings. The van der Waals surface area contributed by atoms with E-state index in [1.54, 1.807) is 25.3 Å². The summed E-state index contributed by atoms with van der Waals surface area (Å²) >= 11 is 12.0. The van der Waals surface area contributed by atoms with Crippen molar-refractivity contribution in [1.29, 1.82) is 0 Å². The van der Waals surface area contributed by atoms with Crippen LogP contribution in [0.4, 0.5) is 0 Å². The van der Waals surface area contributed by atoms with Gasteiger partial charge in [0.1, 0.15) is 11.5 Å². The van der Waals surface area contributed by atoms with Crippen LogP contribution in [0.15, 0.2) is 42.5 Å². The minimum absolute atomic E-state index is 0.0608. The summed E-state index contributed by atoms with van der Waals surface area (Å²) in [6.45, 7) is 0.662. The van der Waals surface area contributed by atoms with Crippen molar-refractivity contribution < 1.29 is 14.3 Å². The van der Waals surface area contributed by atoms with E-state index in [4.69, 9.17) is 32.7 Å². The number of carbonyl (C=O) groups excluding carboxylic acids is 1. The van der Waals surface area contributed by atoms with Gasteiger partial charge in [-0.3, -0.25) is 4.79 Å². The van der Waals surface area contributed by atoms with Crippen molar-refractivity contribution in [2.45, 2.75) is 18.9 Å². The molecular formula is C19H19Cl2NO3. The van der Waals surface area contributed by atoms with Crippen LogP contribution in [0.3, 0.4) is 0 Å². The summed E-state index contributed by atoms with van der Waals surface area (Å²) in [5.74, 6) is 1.16. The molecule has 6 heteroatoms. The molecule has 0 spiro atoms. The zero-order chi connectivity index (χ0) is 17.8. The van der Waals surface area contributed by atoms with Crippen LogP contribution in [0, 0.1) is 0 Å². The topological polar surface area (TPSA) is 38.8 Å². The van der Waals surface area contributed by atoms with Gasteiger partial charge in [-0.15, -0.1) is 0 Å². The fourth-order valence-electron chi connectivity index (χ4n) is 3.05. The minimum atomic E-state index is -0.0628. The molecule has 4 nitrogen and oxygen atoms in total. The summed E-state index contributed by atoms with van der Waals surface area (Å²) in [6.07, 6.45) is 1.91. The standard InChI is InChI=1S/C19H19Cl2NO3/c1-24-15-7-4-13(5-8-15)17-3-2-10-22(17)19(23)12-25-18-11-14(20)6-9-16(18)21/h4-9,11,17H,2-3,10,12H2,1H3. The van der Waals surface area contributed by atoms with Gasteiger partial charge in [0, 0.05) is 17.6 Å². The van der Waals surface area contributed by atoms with Crippen molar-refractivity contribution in [3.63, 3.8) is 0 Å². The number of hydrogen-bond acceptors (Lipinski definition) is 3. The third-order valence-corrected chi connectivity index (χ3v) is 4.87. The minimum Gasteiger partial charge on any atom is -0.497 e. The second-order valence-electron chi connectivity index (χ2n) is 5.88. The molecule has 1 saturated heterocycles. The number of likely N-dealkylation sites (tertiary alicyclic amines) is 1. The zero-order valence-corrected chi connectivity index (χ0v) is 15.4. The van der Waals surface area contributed by atoms with Crippen LogP contribution in [0.5, 0.6) is 11.5 Å². The van der Waals surface area contributed by atoms with Gasteiger partial charge in [0.25, 0.3) is 5.91 Å². The van der Waals surface area contributed by atoms with E-state index in [0.29, 0.717) is 15.8 Å². The van der Waals surface area contributed by atoms with Gasteiger partial charge in [0.05, 0.1) is 18.2 Å². The van der Waals surface area contributed by atoms with Crippen molar-refractivity contribution >= 4 is 29.1 Å². The van der Waals surface area contributed by atoms with Gasteiger partial charge < -0.3 is 14.4 Å². The molecule has 0 aliphatic carbocycles. The summed E-state index contributed by atoms with van der Waals surface area (Å²) in [7, 11) is 1.64. The summed E-state index contributed by atoms with van der Waals surface area (Å²) in [6, 6.07) is 12.8. The summed E-state index contributed by atoms with van der Waals surface area (Å²) < 4.78 is 10.8. The van der Waals surface area contributed by atoms with Crippen LogP contribution in [-0.4, -0.2) is 31.1 Å². The van der Waals surface area contributed by atoms with Crippen LogP contribution < -0.4 is 9.47 Å². The van der Waals surface area contributed by atoms with Crippen molar-refractivity contribution in [2.75, 3.05) is 20.3 Å². The van der Waals surface area contributed by atoms with Crippen LogP contribution in [0.25, 0.3) is 0 Å². The SMILES string of the molecule is COc1ccc(C2CCCN2C(=O)COc2cc(Cl)ccc2Cl)cc1. The highest BCUT2D eigenvalue weighted by atomic mass is 35.5. The lowest BCUT2D eigenvalue weighted by molar-refractivity contribution is -0.134. The Morgan fingerprint density at radius 1 is 1.20 bits per heavy atom. The van der Waals surface area contributed by atoms with E-state index in [9.17, 15) is 4.79 Å². The molecule has 132 valence electrons. The largest absolute Gasteiger partial charge is 0.497 e. The second-order valence-corrected chi connectivity index (χ2v) is 6.73. The third kappa shape index (κ3) is 4.20. The van der Waals surface area contributed by atoms with Gasteiger partial charge in [-0.25, -0.2) is 0 Å². The number of benzene rings is 2. The predicted octanol–water partition coefficient (Wildman–Crippen LogP) is 4.74. The molecular weight excluding hydrogens is 361 g/mol. The highest BCUT2D eigenvalue weighted by molar-refractivity contribution is 6.34. The first-order chi connectivity index (χ1) is 12.1. The molecule has 2 aromatic carbocycles. The van der Waals surface area contributed by atoms with Gasteiger partial charge in [0.2, 0.25) is 0 Å². The van der Waals surface area contributed by atoms with Gasteiger partial charge in [-0.05, 0) is 42.7 Å². The van der Waals surface area contributed by atoms with Crippen molar-refractivity contribution in [3.05, 3.63) is 58.1 Å². The van der Waals surface area contributed by atoms with E-state index < -0.39 is 0 Å². The maximum absolute atomic E-state index is 12.6. The Balaban J connectivity index is 1.67. The molecule has 1 aliphatic rings. The average Bonchev–Trinajstić information content (AvgIpc) is 3.12. The normalized spacial score (nSPS) is 16.8. The Bertz CT molecular complexity index is 749. The lowest BCUT2D eigenvalue weighted by Gasteiger charge is -2.25. The van der Waals surface area contributed by atoms with Crippen molar-refractivity contribution in [1.82, 2.24) is 4.90 Å². The Kier molecular flexibility index (Phi) is 5.71. The third-order valence-electron chi connectivity index (χ3n) is 4.32. The molecule has 1 fully saturated rings. The summed E-state index contributed by atoms with van der Waals surface area (Å²) in [5, 5.41) is 0.953. The van der Waals surface area contributed by atoms with E-state index in [-0.39, 0.29) is 18.6 Å². The van der Waals surface area contributed by atoms with Gasteiger partial charge in [0.15, 0.2) is 6.61 Å². The van der Waals surface area contributed by atoms with E-state index in [2.05, 4.69) is 0 Å². The first-order valence-corrected chi connectivity index (χ1v) is 8.85. The van der Waals surface area contributed by atoms with Gasteiger partial charge >= 0.3 is 0 Å². The maximum Gasteiger partial charge on any atom is 0.261 e. The smallest absolute Gasteiger partial charge is 0.261 e. The number of nitrogens with zero attached hydrogens (tertiary/aromatic N) is 1. The Morgan fingerprint density at radius 3 is 2.68 bits per heavy atom. The first-order valence-electron chi connectivity index (χ1n) is 8.10. The molecule has 0 bridgehead atoms. The first kappa shape index (κ1) is 17.9. The van der Waals surface area contributed by atoms with E-state index >= 15 is 0 Å². The predicted molar refractivity (Wildman–Crippen MR) is 98.6 cm³/mol. The second kappa shape index (κ2) is 7.98. The van der Waals surface area contributed by atoms with Crippen LogP contribution in [-0.2, 0) is 4.79 Å². The average molecular weight is 380 g/mol. The highest BCUT2D eigenvalue weighted by Gasteiger charge is 2.30. The molecule has 0 aromatic heterocycles. The van der Waals surface area contributed by atoms with Crippen LogP contribution >= 0.6 is 23.2 Å². The molecule has 1 atom stereocenters. The lowest BCUT2D eigenvalue weighted by atomic mass is 10.0. The summed E-state index contributed by atoms with van der Waals surface area (Å²) in [5.41, 5.74) is 1.10. The Labute approximate surface area is 157 Å². The fraction of sp³-hybridized carbons (Fsp3) is 0.316. The molecule has 1 unspecified atom stereocenters. The summed E-state index contributed by atoms with van der Waals surface area (Å²) in [4.78, 5) is 14.5. The number of hydrogen-bond donors (Lipinski definition) is 0. The van der Waals surface area contributed by atoms with Crippen LogP contribution in [0.2, 0.25) is 10.0 Å². The molecule has 1 amide bonds. The number of ether oxygens (including phenoxy) is 2. The zero-order valence-electron chi connectivity index (χ0n) is 13.9. The molecule has 0 N–H and O–H groups in total. The molecule has 1 heterocycles. The Hall–Kier alpha value is -1.91. The number of rotatable bonds is 5. The number of carbonyl (C=O) groups is 1. The van der Waals surface area contributed by atoms with E-state index in [1.807, 2.05) is 29.2 Å². The molecule has 0 saturated carbocycles. The number of methoxy groups -OCH3 is 1. The van der Waals surface area contributed by atoms with Crippen molar-refractivity contribution in [3.8, 4) is 11.5 Å². The lowest BCUT2D eigenvalue weighted by Crippen LogP contribution is -2.34. The van der Waals surface area contributed by atoms with Crippen molar-refractivity contribution in [2.24, 2.45) is 0 Å². The van der Waals surface area contributed by atoms with E-state index in [1.165, 1.54) is 0 Å². The maximum atomic E-state index is 12.6. The molecule has 3 rings (SSSR count). The monoisotopic (exact) mass is 379 g/mol. The molecule has 25 heavy (non-hydrogen) atoms. The molecule has 0 radical (unpaired) electrons. The highest BCUT2D eigenvalue weighted by Crippen LogP contribution is 2.33.